The van der Waals surface area contributed by atoms with E-state index in [1.54, 1.807) is 0 Å². The Morgan fingerprint density at radius 1 is 0.661 bits per heavy atom. The van der Waals surface area contributed by atoms with Gasteiger partial charge < -0.3 is 21.3 Å². The standard InChI is InChI=1S/C52H42N4/c53-47(38-17-6-2-7-18-38)34-48(55-35-36-15-4-1-5-16-36)39-28-26-37(27-29-39)40-30-31-42-43-21-14-32-54-51(43)52(46(42)33-40)44-22-10-12-24-49(44)56(41-19-8-3-9-20-41)50-25-13-11-23-45(50)52/h1-31,33-34,48,54-55H,32,35,53H2/b47-34-. The highest BCUT2D eigenvalue weighted by Crippen LogP contribution is 2.62. The molecule has 0 saturated heterocycles. The molecule has 0 radical (unpaired) electrons. The van der Waals surface area contributed by atoms with Gasteiger partial charge in [-0.2, -0.15) is 0 Å². The van der Waals surface area contributed by atoms with Crippen LogP contribution >= 0.6 is 0 Å². The zero-order valence-corrected chi connectivity index (χ0v) is 31.1. The van der Waals surface area contributed by atoms with Crippen molar-refractivity contribution < 1.29 is 0 Å². The van der Waals surface area contributed by atoms with Crippen molar-refractivity contribution in [2.24, 2.45) is 5.73 Å². The number of nitrogens with one attached hydrogen (secondary N) is 2. The smallest absolute Gasteiger partial charge is 0.0901 e. The Kier molecular flexibility index (Phi) is 8.46. The van der Waals surface area contributed by atoms with Gasteiger partial charge in [0.05, 0.1) is 22.8 Å². The van der Waals surface area contributed by atoms with Gasteiger partial charge in [0.2, 0.25) is 0 Å². The van der Waals surface area contributed by atoms with Gasteiger partial charge in [-0.15, -0.1) is 0 Å². The number of rotatable bonds is 8. The first-order chi connectivity index (χ1) is 27.7. The average molecular weight is 723 g/mol. The van der Waals surface area contributed by atoms with Crippen molar-refractivity contribution in [1.82, 2.24) is 10.6 Å². The number of anilines is 3. The van der Waals surface area contributed by atoms with Gasteiger partial charge in [-0.05, 0) is 86.5 Å². The molecule has 1 spiro atoms. The van der Waals surface area contributed by atoms with Crippen LogP contribution in [0, 0.1) is 0 Å². The van der Waals surface area contributed by atoms with Crippen molar-refractivity contribution in [3.05, 3.63) is 245 Å². The molecule has 0 saturated carbocycles. The molecule has 270 valence electrons. The van der Waals surface area contributed by atoms with Crippen molar-refractivity contribution in [1.29, 1.82) is 0 Å². The second-order valence-electron chi connectivity index (χ2n) is 14.7. The van der Waals surface area contributed by atoms with Gasteiger partial charge >= 0.3 is 0 Å². The minimum absolute atomic E-state index is 0.0793. The number of fused-ring (bicyclic) bond motifs is 8. The number of hydrogen-bond donors (Lipinski definition) is 3. The van der Waals surface area contributed by atoms with E-state index in [0.29, 0.717) is 0 Å². The molecule has 10 rings (SSSR count). The fourth-order valence-corrected chi connectivity index (χ4v) is 9.03. The topological polar surface area (TPSA) is 53.3 Å². The van der Waals surface area contributed by atoms with Crippen LogP contribution in [0.2, 0.25) is 0 Å². The van der Waals surface area contributed by atoms with Crippen molar-refractivity contribution in [2.75, 3.05) is 11.4 Å². The fourth-order valence-electron chi connectivity index (χ4n) is 9.03. The number of nitrogens with zero attached hydrogens (tertiary/aromatic N) is 1. The van der Waals surface area contributed by atoms with Crippen LogP contribution in [0.25, 0.3) is 22.4 Å². The van der Waals surface area contributed by atoms with Crippen LogP contribution in [0.4, 0.5) is 17.1 Å². The lowest BCUT2D eigenvalue weighted by Crippen LogP contribution is -2.41. The average Bonchev–Trinajstić information content (AvgIpc) is 3.56. The van der Waals surface area contributed by atoms with E-state index in [1.165, 1.54) is 61.6 Å². The summed E-state index contributed by atoms with van der Waals surface area (Å²) in [6, 6.07) is 65.4. The second-order valence-corrected chi connectivity index (χ2v) is 14.7. The first-order valence-electron chi connectivity index (χ1n) is 19.4. The summed E-state index contributed by atoms with van der Waals surface area (Å²) in [6.07, 6.45) is 6.70. The molecule has 4 nitrogen and oxygen atoms in total. The molecule has 3 aliphatic rings. The molecule has 0 amide bonds. The Morgan fingerprint density at radius 3 is 1.96 bits per heavy atom. The molecule has 1 atom stereocenters. The second kappa shape index (κ2) is 14.1. The van der Waals surface area contributed by atoms with Gasteiger partial charge in [0, 0.05) is 35.7 Å². The molecule has 56 heavy (non-hydrogen) atoms. The van der Waals surface area contributed by atoms with Crippen molar-refractivity contribution in [3.63, 3.8) is 0 Å². The first kappa shape index (κ1) is 33.7. The summed E-state index contributed by atoms with van der Waals surface area (Å²) < 4.78 is 0. The summed E-state index contributed by atoms with van der Waals surface area (Å²) in [5.41, 5.74) is 23.9. The Balaban J connectivity index is 1.08. The van der Waals surface area contributed by atoms with Gasteiger partial charge in [-0.1, -0.05) is 164 Å². The normalized spacial score (nSPS) is 15.4. The van der Waals surface area contributed by atoms with Crippen LogP contribution in [-0.4, -0.2) is 6.54 Å². The van der Waals surface area contributed by atoms with E-state index in [0.717, 1.165) is 35.6 Å². The van der Waals surface area contributed by atoms with Crippen LogP contribution in [0.1, 0.15) is 45.0 Å². The van der Waals surface area contributed by atoms with Crippen LogP contribution in [0.15, 0.2) is 206 Å². The van der Waals surface area contributed by atoms with Crippen LogP contribution in [-0.2, 0) is 12.0 Å². The van der Waals surface area contributed by atoms with E-state index in [9.17, 15) is 0 Å². The maximum absolute atomic E-state index is 6.71. The largest absolute Gasteiger partial charge is 0.398 e. The Morgan fingerprint density at radius 2 is 1.27 bits per heavy atom. The zero-order chi connectivity index (χ0) is 37.5. The summed E-state index contributed by atoms with van der Waals surface area (Å²) >= 11 is 0. The predicted octanol–water partition coefficient (Wildman–Crippen LogP) is 11.2. The van der Waals surface area contributed by atoms with E-state index >= 15 is 0 Å². The SMILES string of the molecule is N/C(=C\C(NCc1ccccc1)c1ccc(-c2ccc3c(c2)C2(C4=C3C=CCN4)c3ccccc3N(c3ccccc3)c3ccccc32)cc1)c1ccccc1. The van der Waals surface area contributed by atoms with Gasteiger partial charge in [-0.3, -0.25) is 0 Å². The van der Waals surface area contributed by atoms with E-state index in [1.807, 2.05) is 18.2 Å². The molecular formula is C52H42N4. The molecule has 1 aliphatic carbocycles. The van der Waals surface area contributed by atoms with Crippen LogP contribution in [0.3, 0.4) is 0 Å². The van der Waals surface area contributed by atoms with Gasteiger partial charge in [0.1, 0.15) is 0 Å². The fraction of sp³-hybridized carbons (Fsp3) is 0.0769. The molecule has 0 aromatic heterocycles. The van der Waals surface area contributed by atoms with Gasteiger partial charge in [0.25, 0.3) is 0 Å². The van der Waals surface area contributed by atoms with Crippen LogP contribution in [0.5, 0.6) is 0 Å². The van der Waals surface area contributed by atoms with E-state index < -0.39 is 5.41 Å². The van der Waals surface area contributed by atoms with E-state index in [4.69, 9.17) is 5.73 Å². The van der Waals surface area contributed by atoms with Crippen molar-refractivity contribution in [3.8, 4) is 11.1 Å². The molecule has 7 aromatic rings. The highest BCUT2D eigenvalue weighted by atomic mass is 15.2. The monoisotopic (exact) mass is 722 g/mol. The number of allylic oxidation sites excluding steroid dienone is 3. The predicted molar refractivity (Wildman–Crippen MR) is 232 cm³/mol. The van der Waals surface area contributed by atoms with Crippen molar-refractivity contribution >= 4 is 28.3 Å². The summed E-state index contributed by atoms with van der Waals surface area (Å²) in [4.78, 5) is 2.43. The van der Waals surface area contributed by atoms with Crippen LogP contribution < -0.4 is 21.3 Å². The minimum atomic E-state index is -0.518. The lowest BCUT2D eigenvalue weighted by Gasteiger charge is -2.46. The Labute approximate surface area is 329 Å². The maximum atomic E-state index is 6.71. The minimum Gasteiger partial charge on any atom is -0.398 e. The summed E-state index contributed by atoms with van der Waals surface area (Å²) in [6.45, 7) is 1.52. The summed E-state index contributed by atoms with van der Waals surface area (Å²) in [5, 5.41) is 7.68. The quantitative estimate of drug-likeness (QED) is 0.146. The first-order valence-corrected chi connectivity index (χ1v) is 19.4. The zero-order valence-electron chi connectivity index (χ0n) is 31.1. The number of dihydropyridines is 1. The number of para-hydroxylation sites is 3. The van der Waals surface area contributed by atoms with E-state index in [2.05, 4.69) is 198 Å². The molecule has 0 bridgehead atoms. The molecule has 2 aliphatic heterocycles. The highest BCUT2D eigenvalue weighted by molar-refractivity contribution is 5.98. The number of nitrogens with two attached hydrogens (primary N) is 1. The van der Waals surface area contributed by atoms with Gasteiger partial charge in [0.15, 0.2) is 0 Å². The Bertz CT molecular complexity index is 2590. The highest BCUT2D eigenvalue weighted by Gasteiger charge is 2.53. The lowest BCUT2D eigenvalue weighted by atomic mass is 9.65. The molecule has 1 unspecified atom stereocenters. The third-order valence-corrected chi connectivity index (χ3v) is 11.6. The molecular weight excluding hydrogens is 681 g/mol. The lowest BCUT2D eigenvalue weighted by molar-refractivity contribution is 0.621. The van der Waals surface area contributed by atoms with E-state index in [-0.39, 0.29) is 6.04 Å². The molecule has 0 fully saturated rings. The third kappa shape index (κ3) is 5.57. The number of benzene rings is 7. The third-order valence-electron chi connectivity index (χ3n) is 11.6. The maximum Gasteiger partial charge on any atom is 0.0901 e. The number of hydrogen-bond acceptors (Lipinski definition) is 4. The molecule has 2 heterocycles. The summed E-state index contributed by atoms with van der Waals surface area (Å²) in [7, 11) is 0. The van der Waals surface area contributed by atoms with Gasteiger partial charge in [-0.25, -0.2) is 0 Å². The molecule has 4 heteroatoms. The summed E-state index contributed by atoms with van der Waals surface area (Å²) in [5.74, 6) is 0. The Hall–Kier alpha value is -6.88. The molecule has 4 N–H and O–H groups in total. The van der Waals surface area contributed by atoms with Crippen molar-refractivity contribution in [2.45, 2.75) is 18.0 Å². The molecule has 7 aromatic carbocycles.